The van der Waals surface area contributed by atoms with Crippen LogP contribution in [0.25, 0.3) is 0 Å². The van der Waals surface area contributed by atoms with Gasteiger partial charge in [-0.05, 0) is 37.6 Å². The lowest BCUT2D eigenvalue weighted by atomic mass is 10.0. The summed E-state index contributed by atoms with van der Waals surface area (Å²) in [7, 11) is 1.50. The molecular formula is C13H15ClO4. The van der Waals surface area contributed by atoms with E-state index in [1.807, 2.05) is 0 Å². The van der Waals surface area contributed by atoms with Gasteiger partial charge in [-0.1, -0.05) is 0 Å². The molecule has 0 radical (unpaired) electrons. The minimum Gasteiger partial charge on any atom is -0.497 e. The topological polar surface area (TPSA) is 52.6 Å². The number of ketones is 1. The second kappa shape index (κ2) is 6.40. The maximum Gasteiger partial charge on any atom is 0.338 e. The third kappa shape index (κ3) is 3.23. The Kier molecular flexibility index (Phi) is 5.16. The summed E-state index contributed by atoms with van der Waals surface area (Å²) in [4.78, 5) is 23.1. The van der Waals surface area contributed by atoms with Gasteiger partial charge in [0.1, 0.15) is 11.1 Å². The fourth-order valence-corrected chi connectivity index (χ4v) is 1.67. The van der Waals surface area contributed by atoms with Crippen molar-refractivity contribution >= 4 is 23.4 Å². The number of hydrogen-bond acceptors (Lipinski definition) is 4. The maximum absolute atomic E-state index is 11.8. The maximum atomic E-state index is 11.8. The van der Waals surface area contributed by atoms with Crippen molar-refractivity contribution in [3.8, 4) is 5.75 Å². The molecule has 1 aromatic carbocycles. The van der Waals surface area contributed by atoms with Gasteiger partial charge in [0.05, 0.1) is 19.3 Å². The largest absolute Gasteiger partial charge is 0.497 e. The van der Waals surface area contributed by atoms with Crippen molar-refractivity contribution in [1.82, 2.24) is 0 Å². The van der Waals surface area contributed by atoms with Crippen LogP contribution in [-0.2, 0) is 9.53 Å². The summed E-state index contributed by atoms with van der Waals surface area (Å²) in [6.07, 6.45) is 0. The zero-order valence-corrected chi connectivity index (χ0v) is 11.3. The molecule has 0 spiro atoms. The molecule has 0 aliphatic heterocycles. The summed E-state index contributed by atoms with van der Waals surface area (Å²) in [6, 6.07) is 4.75. The first kappa shape index (κ1) is 14.5. The number of rotatable bonds is 5. The summed E-state index contributed by atoms with van der Waals surface area (Å²) in [5, 5.41) is -0.889. The van der Waals surface area contributed by atoms with Crippen LogP contribution >= 0.6 is 11.6 Å². The van der Waals surface area contributed by atoms with E-state index in [9.17, 15) is 9.59 Å². The van der Waals surface area contributed by atoms with Crippen LogP contribution in [0.5, 0.6) is 5.75 Å². The van der Waals surface area contributed by atoms with E-state index < -0.39 is 11.3 Å². The highest BCUT2D eigenvalue weighted by Gasteiger charge is 2.22. The molecule has 0 aromatic heterocycles. The van der Waals surface area contributed by atoms with Gasteiger partial charge in [0, 0.05) is 0 Å². The normalized spacial score (nSPS) is 11.8. The van der Waals surface area contributed by atoms with E-state index in [0.717, 1.165) is 0 Å². The predicted octanol–water partition coefficient (Wildman–Crippen LogP) is 2.74. The van der Waals surface area contributed by atoms with Gasteiger partial charge in [-0.25, -0.2) is 4.79 Å². The Morgan fingerprint density at radius 2 is 2.06 bits per heavy atom. The van der Waals surface area contributed by atoms with E-state index in [1.165, 1.54) is 14.0 Å². The molecule has 0 fully saturated rings. The molecule has 0 saturated carbocycles. The van der Waals surface area contributed by atoms with Crippen LogP contribution in [0.2, 0.25) is 0 Å². The summed E-state index contributed by atoms with van der Waals surface area (Å²) in [5.41, 5.74) is 0.690. The van der Waals surface area contributed by atoms with Crippen molar-refractivity contribution in [3.63, 3.8) is 0 Å². The first-order chi connectivity index (χ1) is 8.51. The number of Topliss-reactive ketones (excluding diaryl/α,β-unsaturated/α-hetero) is 1. The molecule has 18 heavy (non-hydrogen) atoms. The molecule has 0 aliphatic rings. The lowest BCUT2D eigenvalue weighted by Gasteiger charge is -2.13. The van der Waals surface area contributed by atoms with Crippen LogP contribution in [0.4, 0.5) is 0 Å². The molecular weight excluding hydrogens is 256 g/mol. The van der Waals surface area contributed by atoms with Gasteiger partial charge in [-0.2, -0.15) is 0 Å². The van der Waals surface area contributed by atoms with Crippen molar-refractivity contribution in [2.24, 2.45) is 0 Å². The Hall–Kier alpha value is -1.55. The molecule has 0 bridgehead atoms. The number of halogens is 1. The second-order valence-electron chi connectivity index (χ2n) is 3.65. The minimum atomic E-state index is -0.889. The molecule has 5 heteroatoms. The lowest BCUT2D eigenvalue weighted by molar-refractivity contribution is -0.116. The first-order valence-electron chi connectivity index (χ1n) is 5.50. The Balaban J connectivity index is 3.24. The number of esters is 1. The van der Waals surface area contributed by atoms with Gasteiger partial charge in [0.15, 0.2) is 5.78 Å². The van der Waals surface area contributed by atoms with Crippen molar-refractivity contribution in [2.45, 2.75) is 19.2 Å². The summed E-state index contributed by atoms with van der Waals surface area (Å²) in [5.74, 6) is -0.206. The fourth-order valence-electron chi connectivity index (χ4n) is 1.49. The van der Waals surface area contributed by atoms with E-state index in [4.69, 9.17) is 21.1 Å². The van der Waals surface area contributed by atoms with Gasteiger partial charge in [-0.15, -0.1) is 11.6 Å². The molecule has 0 N–H and O–H groups in total. The molecule has 0 saturated heterocycles. The lowest BCUT2D eigenvalue weighted by Crippen LogP contribution is -2.12. The number of ether oxygens (including phenoxy) is 2. The third-order valence-corrected chi connectivity index (χ3v) is 2.93. The molecule has 98 valence electrons. The molecule has 1 rings (SSSR count). The SMILES string of the molecule is CCOC(=O)c1ccc(OC)cc1C(Cl)C(C)=O. The number of carbonyl (C=O) groups excluding carboxylic acids is 2. The predicted molar refractivity (Wildman–Crippen MR) is 68.2 cm³/mol. The quantitative estimate of drug-likeness (QED) is 0.610. The van der Waals surface area contributed by atoms with Gasteiger partial charge < -0.3 is 9.47 Å². The smallest absolute Gasteiger partial charge is 0.338 e. The van der Waals surface area contributed by atoms with Crippen LogP contribution in [-0.4, -0.2) is 25.5 Å². The molecule has 1 unspecified atom stereocenters. The Labute approximate surface area is 111 Å². The van der Waals surface area contributed by atoms with E-state index in [1.54, 1.807) is 25.1 Å². The Morgan fingerprint density at radius 3 is 2.56 bits per heavy atom. The van der Waals surface area contributed by atoms with Crippen molar-refractivity contribution in [1.29, 1.82) is 0 Å². The van der Waals surface area contributed by atoms with E-state index in [2.05, 4.69) is 0 Å². The summed E-state index contributed by atoms with van der Waals surface area (Å²) >= 11 is 6.01. The van der Waals surface area contributed by atoms with Gasteiger partial charge >= 0.3 is 5.97 Å². The average Bonchev–Trinajstić information content (AvgIpc) is 2.37. The van der Waals surface area contributed by atoms with Gasteiger partial charge in [-0.3, -0.25) is 4.79 Å². The minimum absolute atomic E-state index is 0.240. The molecule has 4 nitrogen and oxygen atoms in total. The van der Waals surface area contributed by atoms with Crippen molar-refractivity contribution in [2.75, 3.05) is 13.7 Å². The highest BCUT2D eigenvalue weighted by molar-refractivity contribution is 6.31. The average molecular weight is 271 g/mol. The van der Waals surface area contributed by atoms with Gasteiger partial charge in [0.25, 0.3) is 0 Å². The van der Waals surface area contributed by atoms with Crippen molar-refractivity contribution in [3.05, 3.63) is 29.3 Å². The second-order valence-corrected chi connectivity index (χ2v) is 4.08. The van der Waals surface area contributed by atoms with Crippen LogP contribution in [0, 0.1) is 0 Å². The van der Waals surface area contributed by atoms with E-state index in [0.29, 0.717) is 11.3 Å². The van der Waals surface area contributed by atoms with Crippen molar-refractivity contribution < 1.29 is 19.1 Å². The third-order valence-electron chi connectivity index (χ3n) is 2.38. The Bertz CT molecular complexity index is 456. The zero-order chi connectivity index (χ0) is 13.7. The number of alkyl halides is 1. The number of benzene rings is 1. The highest BCUT2D eigenvalue weighted by atomic mass is 35.5. The van der Waals surface area contributed by atoms with E-state index >= 15 is 0 Å². The fraction of sp³-hybridized carbons (Fsp3) is 0.385. The zero-order valence-electron chi connectivity index (χ0n) is 10.5. The van der Waals surface area contributed by atoms with Gasteiger partial charge in [0.2, 0.25) is 0 Å². The molecule has 1 atom stereocenters. The summed E-state index contributed by atoms with van der Waals surface area (Å²) < 4.78 is 9.98. The highest BCUT2D eigenvalue weighted by Crippen LogP contribution is 2.29. The number of carbonyl (C=O) groups is 2. The first-order valence-corrected chi connectivity index (χ1v) is 5.94. The monoisotopic (exact) mass is 270 g/mol. The van der Waals surface area contributed by atoms with Crippen LogP contribution in [0.15, 0.2) is 18.2 Å². The van der Waals surface area contributed by atoms with Crippen LogP contribution in [0.3, 0.4) is 0 Å². The van der Waals surface area contributed by atoms with E-state index in [-0.39, 0.29) is 18.0 Å². The molecule has 0 heterocycles. The summed E-state index contributed by atoms with van der Waals surface area (Å²) in [6.45, 7) is 3.34. The number of hydrogen-bond donors (Lipinski definition) is 0. The van der Waals surface area contributed by atoms with Crippen LogP contribution < -0.4 is 4.74 Å². The Morgan fingerprint density at radius 1 is 1.39 bits per heavy atom. The molecule has 0 aliphatic carbocycles. The molecule has 1 aromatic rings. The number of methoxy groups -OCH3 is 1. The standard InChI is InChI=1S/C13H15ClO4/c1-4-18-13(16)10-6-5-9(17-3)7-11(10)12(14)8(2)15/h5-7,12H,4H2,1-3H3. The molecule has 0 amide bonds. The van der Waals surface area contributed by atoms with Crippen LogP contribution in [0.1, 0.15) is 35.1 Å².